The first-order valence-electron chi connectivity index (χ1n) is 5.63. The van der Waals surface area contributed by atoms with Crippen LogP contribution >= 0.6 is 11.3 Å². The summed E-state index contributed by atoms with van der Waals surface area (Å²) < 4.78 is 22.9. The van der Waals surface area contributed by atoms with Gasteiger partial charge in [-0.2, -0.15) is 0 Å². The number of amides is 1. The molecule has 110 valence electrons. The van der Waals surface area contributed by atoms with E-state index in [1.54, 1.807) is 0 Å². The van der Waals surface area contributed by atoms with E-state index in [0.717, 1.165) is 17.6 Å². The fraction of sp³-hybridized carbons (Fsp3) is 0.0833. The lowest BCUT2D eigenvalue weighted by molar-refractivity contribution is -0.380. The van der Waals surface area contributed by atoms with Crippen molar-refractivity contribution in [1.29, 1.82) is 0 Å². The Labute approximate surface area is 124 Å². The quantitative estimate of drug-likeness (QED) is 0.685. The average Bonchev–Trinajstić information content (AvgIpc) is 2.88. The lowest BCUT2D eigenvalue weighted by atomic mass is 10.3. The fourth-order valence-electron chi connectivity index (χ4n) is 1.55. The molecule has 1 amide bonds. The lowest BCUT2D eigenvalue weighted by Gasteiger charge is -2.05. The number of rotatable bonds is 4. The van der Waals surface area contributed by atoms with E-state index in [1.165, 1.54) is 36.4 Å². The number of thiophene rings is 1. The molecule has 21 heavy (non-hydrogen) atoms. The average molecular weight is 326 g/mol. The molecule has 1 aromatic heterocycles. The van der Waals surface area contributed by atoms with Crippen LogP contribution in [0, 0.1) is 10.1 Å². The van der Waals surface area contributed by atoms with Crippen LogP contribution in [0.1, 0.15) is 9.67 Å². The summed E-state index contributed by atoms with van der Waals surface area (Å²) in [5, 5.41) is 12.9. The highest BCUT2D eigenvalue weighted by Crippen LogP contribution is 2.25. The molecule has 0 radical (unpaired) electrons. The van der Waals surface area contributed by atoms with Crippen molar-refractivity contribution in [2.45, 2.75) is 4.90 Å². The first-order chi connectivity index (χ1) is 9.77. The van der Waals surface area contributed by atoms with Crippen molar-refractivity contribution in [1.82, 2.24) is 0 Å². The second kappa shape index (κ2) is 5.62. The van der Waals surface area contributed by atoms with Gasteiger partial charge in [0.05, 0.1) is 14.7 Å². The number of nitrogens with zero attached hydrogens (tertiary/aromatic N) is 1. The van der Waals surface area contributed by atoms with Gasteiger partial charge in [0.25, 0.3) is 5.91 Å². The van der Waals surface area contributed by atoms with E-state index < -0.39 is 20.7 Å². The van der Waals surface area contributed by atoms with Crippen LogP contribution in [0.25, 0.3) is 0 Å². The summed E-state index contributed by atoms with van der Waals surface area (Å²) in [5.74, 6) is -0.529. The van der Waals surface area contributed by atoms with Crippen LogP contribution in [0.2, 0.25) is 0 Å². The molecule has 0 spiro atoms. The Morgan fingerprint density at radius 1 is 1.29 bits per heavy atom. The lowest BCUT2D eigenvalue weighted by Crippen LogP contribution is -2.10. The van der Waals surface area contributed by atoms with Crippen LogP contribution in [-0.4, -0.2) is 25.5 Å². The Morgan fingerprint density at radius 2 is 2.00 bits per heavy atom. The molecule has 1 heterocycles. The first kappa shape index (κ1) is 15.1. The predicted molar refractivity (Wildman–Crippen MR) is 78.5 cm³/mol. The minimum atomic E-state index is -3.37. The SMILES string of the molecule is CS(=O)(=O)c1cccc(NC(=O)c2ccc([N+](=O)[O-])s2)c1. The number of hydrogen-bond donors (Lipinski definition) is 1. The number of carbonyl (C=O) groups is 1. The molecule has 0 aliphatic rings. The highest BCUT2D eigenvalue weighted by atomic mass is 32.2. The summed E-state index contributed by atoms with van der Waals surface area (Å²) in [5.41, 5.74) is 0.305. The third kappa shape index (κ3) is 3.64. The van der Waals surface area contributed by atoms with Gasteiger partial charge in [-0.05, 0) is 24.3 Å². The number of carbonyl (C=O) groups excluding carboxylic acids is 1. The van der Waals surface area contributed by atoms with E-state index >= 15 is 0 Å². The second-order valence-corrected chi connectivity index (χ2v) is 7.23. The Kier molecular flexibility index (Phi) is 4.05. The summed E-state index contributed by atoms with van der Waals surface area (Å²) in [6, 6.07) is 8.37. The summed E-state index contributed by atoms with van der Waals surface area (Å²) in [7, 11) is -3.37. The number of nitro groups is 1. The monoisotopic (exact) mass is 326 g/mol. The van der Waals surface area contributed by atoms with E-state index in [1.807, 2.05) is 0 Å². The number of benzene rings is 1. The molecule has 1 aromatic carbocycles. The van der Waals surface area contributed by atoms with Crippen molar-refractivity contribution in [3.8, 4) is 0 Å². The molecule has 0 atom stereocenters. The number of sulfone groups is 1. The molecule has 0 fully saturated rings. The Balaban J connectivity index is 2.21. The molecule has 9 heteroatoms. The van der Waals surface area contributed by atoms with Gasteiger partial charge in [-0.1, -0.05) is 17.4 Å². The molecule has 0 aliphatic heterocycles. The zero-order valence-corrected chi connectivity index (χ0v) is 12.4. The van der Waals surface area contributed by atoms with Gasteiger partial charge in [-0.15, -0.1) is 0 Å². The van der Waals surface area contributed by atoms with Crippen molar-refractivity contribution in [2.75, 3.05) is 11.6 Å². The van der Waals surface area contributed by atoms with Crippen LogP contribution in [0.3, 0.4) is 0 Å². The Hall–Kier alpha value is -2.26. The molecule has 0 unspecified atom stereocenters. The maximum absolute atomic E-state index is 11.9. The van der Waals surface area contributed by atoms with Gasteiger partial charge in [0.1, 0.15) is 0 Å². The van der Waals surface area contributed by atoms with Crippen LogP contribution in [0.4, 0.5) is 10.7 Å². The molecule has 0 saturated heterocycles. The van der Waals surface area contributed by atoms with E-state index in [0.29, 0.717) is 5.69 Å². The normalized spacial score (nSPS) is 11.1. The summed E-state index contributed by atoms with van der Waals surface area (Å²) in [6.45, 7) is 0. The Morgan fingerprint density at radius 3 is 2.57 bits per heavy atom. The van der Waals surface area contributed by atoms with E-state index in [9.17, 15) is 23.3 Å². The van der Waals surface area contributed by atoms with Crippen molar-refractivity contribution in [3.63, 3.8) is 0 Å². The maximum Gasteiger partial charge on any atom is 0.324 e. The van der Waals surface area contributed by atoms with E-state index in [4.69, 9.17) is 0 Å². The van der Waals surface area contributed by atoms with Crippen molar-refractivity contribution in [2.24, 2.45) is 0 Å². The van der Waals surface area contributed by atoms with Gasteiger partial charge in [0, 0.05) is 18.0 Å². The van der Waals surface area contributed by atoms with Crippen molar-refractivity contribution < 1.29 is 18.1 Å². The Bertz CT molecular complexity index is 811. The number of nitrogens with one attached hydrogen (secondary N) is 1. The summed E-state index contributed by atoms with van der Waals surface area (Å²) in [4.78, 5) is 22.2. The molecular formula is C12H10N2O5S2. The van der Waals surface area contributed by atoms with Gasteiger partial charge < -0.3 is 5.32 Å². The van der Waals surface area contributed by atoms with Gasteiger partial charge in [-0.3, -0.25) is 14.9 Å². The molecule has 0 aliphatic carbocycles. The summed E-state index contributed by atoms with van der Waals surface area (Å²) >= 11 is 0.749. The molecule has 2 rings (SSSR count). The topological polar surface area (TPSA) is 106 Å². The number of hydrogen-bond acceptors (Lipinski definition) is 6. The van der Waals surface area contributed by atoms with Crippen LogP contribution in [0.5, 0.6) is 0 Å². The molecule has 0 bridgehead atoms. The zero-order chi connectivity index (χ0) is 15.6. The smallest absolute Gasteiger partial charge is 0.321 e. The zero-order valence-electron chi connectivity index (χ0n) is 10.8. The van der Waals surface area contributed by atoms with Gasteiger partial charge in [0.2, 0.25) is 0 Å². The van der Waals surface area contributed by atoms with E-state index in [-0.39, 0.29) is 14.8 Å². The first-order valence-corrected chi connectivity index (χ1v) is 8.34. The third-order valence-electron chi connectivity index (χ3n) is 2.52. The van der Waals surface area contributed by atoms with E-state index in [2.05, 4.69) is 5.32 Å². The molecule has 1 N–H and O–H groups in total. The highest BCUT2D eigenvalue weighted by Gasteiger charge is 2.16. The largest absolute Gasteiger partial charge is 0.324 e. The molecule has 7 nitrogen and oxygen atoms in total. The summed E-state index contributed by atoms with van der Waals surface area (Å²) in [6.07, 6.45) is 1.07. The van der Waals surface area contributed by atoms with Gasteiger partial charge in [0.15, 0.2) is 9.84 Å². The van der Waals surface area contributed by atoms with Gasteiger partial charge in [-0.25, -0.2) is 8.42 Å². The third-order valence-corrected chi connectivity index (χ3v) is 4.66. The van der Waals surface area contributed by atoms with Gasteiger partial charge >= 0.3 is 5.00 Å². The highest BCUT2D eigenvalue weighted by molar-refractivity contribution is 7.90. The fourth-order valence-corrected chi connectivity index (χ4v) is 2.93. The molecule has 0 saturated carbocycles. The molecular weight excluding hydrogens is 316 g/mol. The van der Waals surface area contributed by atoms with Crippen molar-refractivity contribution >= 4 is 37.8 Å². The second-order valence-electron chi connectivity index (χ2n) is 4.15. The minimum absolute atomic E-state index is 0.0810. The minimum Gasteiger partial charge on any atom is -0.321 e. The van der Waals surface area contributed by atoms with Crippen LogP contribution < -0.4 is 5.32 Å². The molecule has 2 aromatic rings. The van der Waals surface area contributed by atoms with Crippen LogP contribution in [0.15, 0.2) is 41.3 Å². The predicted octanol–water partition coefficient (Wildman–Crippen LogP) is 2.31. The number of anilines is 1. The standard InChI is InChI=1S/C12H10N2O5S2/c1-21(18,19)9-4-2-3-8(7-9)13-12(15)10-5-6-11(20-10)14(16)17/h2-7H,1H3,(H,13,15). The van der Waals surface area contributed by atoms with Crippen molar-refractivity contribution in [3.05, 3.63) is 51.4 Å². The maximum atomic E-state index is 11.9. The van der Waals surface area contributed by atoms with Crippen LogP contribution in [-0.2, 0) is 9.84 Å².